The number of rotatable bonds is 3. The number of carbonyl (C=O) groups excluding carboxylic acids is 1. The molecule has 2 fully saturated rings. The van der Waals surface area contributed by atoms with Crippen molar-refractivity contribution in [2.45, 2.75) is 19.8 Å². The highest BCUT2D eigenvalue weighted by Gasteiger charge is 2.33. The van der Waals surface area contributed by atoms with E-state index in [1.54, 1.807) is 4.90 Å². The van der Waals surface area contributed by atoms with Crippen LogP contribution in [-0.4, -0.2) is 23.3 Å². The van der Waals surface area contributed by atoms with E-state index >= 15 is 0 Å². The number of thioether (sulfide) groups is 1. The summed E-state index contributed by atoms with van der Waals surface area (Å²) >= 11 is 10.3. The Hall–Kier alpha value is -1.63. The largest absolute Gasteiger partial charge is 0.372 e. The average molecular weight is 459 g/mol. The molecule has 2 aromatic rings. The van der Waals surface area contributed by atoms with Crippen molar-refractivity contribution >= 4 is 67.6 Å². The third kappa shape index (κ3) is 3.84. The number of carbonyl (C=O) groups is 1. The molecule has 0 aliphatic carbocycles. The molecule has 1 amide bonds. The van der Waals surface area contributed by atoms with E-state index in [-0.39, 0.29) is 5.91 Å². The Morgan fingerprint density at radius 3 is 2.59 bits per heavy atom. The van der Waals surface area contributed by atoms with Crippen LogP contribution in [0.3, 0.4) is 0 Å². The maximum atomic E-state index is 12.9. The smallest absolute Gasteiger partial charge is 0.270 e. The molecule has 2 heterocycles. The minimum absolute atomic E-state index is 0.0638. The van der Waals surface area contributed by atoms with Gasteiger partial charge in [0.25, 0.3) is 5.91 Å². The van der Waals surface area contributed by atoms with Crippen LogP contribution in [0, 0.1) is 6.92 Å². The predicted octanol–water partition coefficient (Wildman–Crippen LogP) is 5.76. The van der Waals surface area contributed by atoms with Crippen LogP contribution in [0.15, 0.2) is 51.8 Å². The van der Waals surface area contributed by atoms with E-state index in [0.29, 0.717) is 9.23 Å². The molecule has 2 aliphatic rings. The highest BCUT2D eigenvalue weighted by atomic mass is 79.9. The summed E-state index contributed by atoms with van der Waals surface area (Å²) in [6, 6.07) is 14.1. The van der Waals surface area contributed by atoms with Gasteiger partial charge in [0.1, 0.15) is 0 Å². The monoisotopic (exact) mass is 458 g/mol. The Kier molecular flexibility index (Phi) is 5.39. The first-order chi connectivity index (χ1) is 13.0. The first kappa shape index (κ1) is 18.7. The summed E-state index contributed by atoms with van der Waals surface area (Å²) in [7, 11) is 0. The molecular weight excluding hydrogens is 440 g/mol. The molecule has 0 saturated carbocycles. The number of aryl methyl sites for hydroxylation is 1. The fourth-order valence-corrected chi connectivity index (χ4v) is 5.12. The number of benzene rings is 2. The zero-order chi connectivity index (χ0) is 19.0. The van der Waals surface area contributed by atoms with Crippen molar-refractivity contribution < 1.29 is 4.79 Å². The van der Waals surface area contributed by atoms with Crippen LogP contribution < -0.4 is 9.80 Å². The standard InChI is InChI=1S/C21H19BrN2OS2/c1-14-11-17(23-9-2-3-10-23)8-7-15(14)12-19-20(25)24(21(26)27-19)18-6-4-5-16(22)13-18/h4-8,11-13H,2-3,9-10H2,1H3/b19-12+. The summed E-state index contributed by atoms with van der Waals surface area (Å²) in [5.74, 6) is -0.0638. The van der Waals surface area contributed by atoms with Gasteiger partial charge in [-0.2, -0.15) is 0 Å². The molecule has 2 aliphatic heterocycles. The summed E-state index contributed by atoms with van der Waals surface area (Å²) in [4.78, 5) is 17.6. The van der Waals surface area contributed by atoms with Crippen molar-refractivity contribution in [2.24, 2.45) is 0 Å². The van der Waals surface area contributed by atoms with Gasteiger partial charge in [0.2, 0.25) is 0 Å². The fraction of sp³-hybridized carbons (Fsp3) is 0.238. The summed E-state index contributed by atoms with van der Waals surface area (Å²) in [5, 5.41) is 0. The van der Waals surface area contributed by atoms with Crippen molar-refractivity contribution in [3.8, 4) is 0 Å². The average Bonchev–Trinajstić information content (AvgIpc) is 3.26. The van der Waals surface area contributed by atoms with Gasteiger partial charge in [-0.15, -0.1) is 0 Å². The van der Waals surface area contributed by atoms with Gasteiger partial charge in [-0.3, -0.25) is 9.69 Å². The second-order valence-electron chi connectivity index (χ2n) is 6.73. The number of anilines is 2. The van der Waals surface area contributed by atoms with Crippen molar-refractivity contribution in [3.63, 3.8) is 0 Å². The zero-order valence-corrected chi connectivity index (χ0v) is 18.2. The molecule has 4 rings (SSSR count). The molecular formula is C21H19BrN2OS2. The Morgan fingerprint density at radius 1 is 1.11 bits per heavy atom. The van der Waals surface area contributed by atoms with Crippen molar-refractivity contribution in [2.75, 3.05) is 22.9 Å². The fourth-order valence-electron chi connectivity index (χ4n) is 3.44. The van der Waals surface area contributed by atoms with Crippen molar-refractivity contribution in [3.05, 3.63) is 63.0 Å². The van der Waals surface area contributed by atoms with Crippen LogP contribution in [0.25, 0.3) is 6.08 Å². The quantitative estimate of drug-likeness (QED) is 0.430. The summed E-state index contributed by atoms with van der Waals surface area (Å²) < 4.78 is 1.49. The molecule has 2 aromatic carbocycles. The second kappa shape index (κ2) is 7.78. The number of nitrogens with zero attached hydrogens (tertiary/aromatic N) is 2. The molecule has 0 spiro atoms. The molecule has 0 bridgehead atoms. The minimum Gasteiger partial charge on any atom is -0.372 e. The molecule has 138 valence electrons. The summed E-state index contributed by atoms with van der Waals surface area (Å²) in [6.45, 7) is 4.36. The highest BCUT2D eigenvalue weighted by molar-refractivity contribution is 9.10. The van der Waals surface area contributed by atoms with Gasteiger partial charge < -0.3 is 4.90 Å². The normalized spacial score (nSPS) is 18.8. The van der Waals surface area contributed by atoms with Gasteiger partial charge in [0, 0.05) is 23.2 Å². The van der Waals surface area contributed by atoms with Crippen LogP contribution in [-0.2, 0) is 4.79 Å². The third-order valence-electron chi connectivity index (χ3n) is 4.87. The van der Waals surface area contributed by atoms with Gasteiger partial charge in [0.05, 0.1) is 10.6 Å². The highest BCUT2D eigenvalue weighted by Crippen LogP contribution is 2.37. The van der Waals surface area contributed by atoms with Gasteiger partial charge in [-0.25, -0.2) is 0 Å². The SMILES string of the molecule is Cc1cc(N2CCCC2)ccc1/C=C1/SC(=S)N(c2cccc(Br)c2)C1=O. The Balaban J connectivity index is 1.61. The Labute approximate surface area is 177 Å². The van der Waals surface area contributed by atoms with E-state index in [9.17, 15) is 4.79 Å². The predicted molar refractivity (Wildman–Crippen MR) is 122 cm³/mol. The third-order valence-corrected chi connectivity index (χ3v) is 6.67. The van der Waals surface area contributed by atoms with E-state index in [1.807, 2.05) is 30.3 Å². The number of halogens is 1. The minimum atomic E-state index is -0.0638. The van der Waals surface area contributed by atoms with E-state index < -0.39 is 0 Å². The van der Waals surface area contributed by atoms with E-state index in [0.717, 1.165) is 28.8 Å². The molecule has 2 saturated heterocycles. The van der Waals surface area contributed by atoms with E-state index in [4.69, 9.17) is 12.2 Å². The van der Waals surface area contributed by atoms with Gasteiger partial charge in [0.15, 0.2) is 4.32 Å². The second-order valence-corrected chi connectivity index (χ2v) is 9.32. The van der Waals surface area contributed by atoms with Crippen LogP contribution in [0.5, 0.6) is 0 Å². The maximum Gasteiger partial charge on any atom is 0.270 e. The number of hydrogen-bond acceptors (Lipinski definition) is 4. The van der Waals surface area contributed by atoms with Gasteiger partial charge in [-0.05, 0) is 67.3 Å². The van der Waals surface area contributed by atoms with E-state index in [2.05, 4.69) is 46.0 Å². The number of thiocarbonyl (C=S) groups is 1. The number of hydrogen-bond donors (Lipinski definition) is 0. The Morgan fingerprint density at radius 2 is 1.89 bits per heavy atom. The lowest BCUT2D eigenvalue weighted by Crippen LogP contribution is -2.27. The van der Waals surface area contributed by atoms with Crippen molar-refractivity contribution in [1.82, 2.24) is 0 Å². The molecule has 6 heteroatoms. The summed E-state index contributed by atoms with van der Waals surface area (Å²) in [6.07, 6.45) is 4.48. The van der Waals surface area contributed by atoms with Crippen LogP contribution in [0.2, 0.25) is 0 Å². The molecule has 3 nitrogen and oxygen atoms in total. The number of amides is 1. The van der Waals surface area contributed by atoms with Crippen molar-refractivity contribution in [1.29, 1.82) is 0 Å². The van der Waals surface area contributed by atoms with Crippen LogP contribution in [0.4, 0.5) is 11.4 Å². The molecule has 0 unspecified atom stereocenters. The molecule has 0 radical (unpaired) electrons. The Bertz CT molecular complexity index is 951. The zero-order valence-electron chi connectivity index (χ0n) is 14.9. The lowest BCUT2D eigenvalue weighted by Gasteiger charge is -2.18. The summed E-state index contributed by atoms with van der Waals surface area (Å²) in [5.41, 5.74) is 4.29. The van der Waals surface area contributed by atoms with E-state index in [1.165, 1.54) is 35.9 Å². The van der Waals surface area contributed by atoms with Crippen LogP contribution in [0.1, 0.15) is 24.0 Å². The topological polar surface area (TPSA) is 23.6 Å². The first-order valence-corrected chi connectivity index (χ1v) is 10.9. The molecule has 0 N–H and O–H groups in total. The lowest BCUT2D eigenvalue weighted by atomic mass is 10.1. The lowest BCUT2D eigenvalue weighted by molar-refractivity contribution is -0.113. The van der Waals surface area contributed by atoms with Gasteiger partial charge in [-0.1, -0.05) is 52.0 Å². The van der Waals surface area contributed by atoms with Gasteiger partial charge >= 0.3 is 0 Å². The molecule has 0 aromatic heterocycles. The molecule has 27 heavy (non-hydrogen) atoms. The first-order valence-electron chi connectivity index (χ1n) is 8.92. The molecule has 0 atom stereocenters. The van der Waals surface area contributed by atoms with Crippen LogP contribution >= 0.6 is 39.9 Å². The maximum absolute atomic E-state index is 12.9.